The lowest BCUT2D eigenvalue weighted by Crippen LogP contribution is -2.14. The van der Waals surface area contributed by atoms with E-state index in [1.54, 1.807) is 6.92 Å². The van der Waals surface area contributed by atoms with Crippen LogP contribution in [0.4, 0.5) is 11.5 Å². The fraction of sp³-hybridized carbons (Fsp3) is 0.250. The number of thioether (sulfide) groups is 1. The molecule has 0 aliphatic carbocycles. The Bertz CT molecular complexity index is 1060. The number of nitrogens with one attached hydrogen (secondary N) is 2. The van der Waals surface area contributed by atoms with E-state index in [1.165, 1.54) is 53.4 Å². The van der Waals surface area contributed by atoms with Crippen LogP contribution in [0.5, 0.6) is 0 Å². The minimum Gasteiger partial charge on any atom is -0.360 e. The highest BCUT2D eigenvalue weighted by molar-refractivity contribution is 8.01. The molecule has 0 radical (unpaired) electrons. The van der Waals surface area contributed by atoms with Gasteiger partial charge in [-0.25, -0.2) is 8.42 Å². The Morgan fingerprint density at radius 1 is 1.21 bits per heavy atom. The molecule has 28 heavy (non-hydrogen) atoms. The third-order valence-electron chi connectivity index (χ3n) is 3.38. The first-order chi connectivity index (χ1) is 13.3. The molecule has 1 amide bonds. The van der Waals surface area contributed by atoms with Gasteiger partial charge in [0.2, 0.25) is 5.91 Å². The maximum absolute atomic E-state index is 12.3. The van der Waals surface area contributed by atoms with Crippen LogP contribution in [0.25, 0.3) is 0 Å². The van der Waals surface area contributed by atoms with E-state index >= 15 is 0 Å². The van der Waals surface area contributed by atoms with Gasteiger partial charge >= 0.3 is 0 Å². The lowest BCUT2D eigenvalue weighted by Gasteiger charge is -2.07. The van der Waals surface area contributed by atoms with Crippen LogP contribution < -0.4 is 10.0 Å². The molecule has 12 heteroatoms. The van der Waals surface area contributed by atoms with Crippen molar-refractivity contribution in [1.82, 2.24) is 15.4 Å². The summed E-state index contributed by atoms with van der Waals surface area (Å²) in [6.45, 7) is 3.54. The lowest BCUT2D eigenvalue weighted by molar-refractivity contribution is -0.115. The Labute approximate surface area is 170 Å². The summed E-state index contributed by atoms with van der Waals surface area (Å²) in [5.41, 5.74) is 0.512. The summed E-state index contributed by atoms with van der Waals surface area (Å²) in [4.78, 5) is 12.1. The van der Waals surface area contributed by atoms with Crippen LogP contribution in [-0.4, -0.2) is 35.4 Å². The van der Waals surface area contributed by atoms with Crippen molar-refractivity contribution in [2.45, 2.75) is 29.5 Å². The minimum atomic E-state index is -3.79. The van der Waals surface area contributed by atoms with Crippen LogP contribution in [-0.2, 0) is 14.8 Å². The first kappa shape index (κ1) is 20.3. The van der Waals surface area contributed by atoms with Crippen LogP contribution in [0.1, 0.15) is 17.2 Å². The molecule has 0 bridgehead atoms. The first-order valence-electron chi connectivity index (χ1n) is 8.11. The Kier molecular flexibility index (Phi) is 6.31. The van der Waals surface area contributed by atoms with E-state index in [4.69, 9.17) is 4.52 Å². The van der Waals surface area contributed by atoms with Crippen molar-refractivity contribution in [3.63, 3.8) is 0 Å². The molecule has 0 unspecified atom stereocenters. The fourth-order valence-electron chi connectivity index (χ4n) is 2.12. The molecule has 0 aliphatic heterocycles. The predicted molar refractivity (Wildman–Crippen MR) is 107 cm³/mol. The summed E-state index contributed by atoms with van der Waals surface area (Å²) in [6, 6.07) is 7.35. The molecule has 3 aromatic rings. The van der Waals surface area contributed by atoms with Gasteiger partial charge in [-0.15, -0.1) is 10.2 Å². The van der Waals surface area contributed by atoms with Gasteiger partial charge in [0, 0.05) is 23.9 Å². The number of hydrogen-bond donors (Lipinski definition) is 2. The van der Waals surface area contributed by atoms with E-state index in [1.807, 2.05) is 6.92 Å². The number of rotatable bonds is 8. The second-order valence-corrected chi connectivity index (χ2v) is 9.89. The number of benzene rings is 1. The number of hydrogen-bond acceptors (Lipinski definition) is 9. The maximum Gasteiger partial charge on any atom is 0.263 e. The largest absolute Gasteiger partial charge is 0.360 e. The van der Waals surface area contributed by atoms with Crippen LogP contribution in [0.3, 0.4) is 0 Å². The molecule has 0 aliphatic rings. The zero-order valence-corrected chi connectivity index (χ0v) is 17.4. The molecular weight excluding hydrogens is 422 g/mol. The number of carbonyl (C=O) groups excluding carboxylic acids is 1. The van der Waals surface area contributed by atoms with E-state index in [0.29, 0.717) is 23.6 Å². The number of sulfonamides is 1. The van der Waals surface area contributed by atoms with E-state index in [9.17, 15) is 13.2 Å². The molecule has 1 aromatic carbocycles. The van der Waals surface area contributed by atoms with Gasteiger partial charge in [0.25, 0.3) is 10.0 Å². The first-order valence-corrected chi connectivity index (χ1v) is 11.4. The normalized spacial score (nSPS) is 11.4. The molecule has 0 fully saturated rings. The van der Waals surface area contributed by atoms with E-state index in [0.717, 1.165) is 9.35 Å². The Hall–Kier alpha value is -2.44. The van der Waals surface area contributed by atoms with Crippen LogP contribution in [0.2, 0.25) is 0 Å². The number of amides is 1. The summed E-state index contributed by atoms with van der Waals surface area (Å²) in [7, 11) is -3.79. The second-order valence-electron chi connectivity index (χ2n) is 5.69. The maximum atomic E-state index is 12.3. The zero-order chi connectivity index (χ0) is 20.1. The molecule has 2 N–H and O–H groups in total. The smallest absolute Gasteiger partial charge is 0.263 e. The lowest BCUT2D eigenvalue weighted by atomic mass is 10.3. The van der Waals surface area contributed by atoms with Gasteiger partial charge in [-0.1, -0.05) is 28.3 Å². The molecule has 148 valence electrons. The van der Waals surface area contributed by atoms with Crippen molar-refractivity contribution >= 4 is 50.5 Å². The van der Waals surface area contributed by atoms with Crippen molar-refractivity contribution in [1.29, 1.82) is 0 Å². The third-order valence-corrected chi connectivity index (χ3v) is 6.72. The Morgan fingerprint density at radius 2 is 1.96 bits per heavy atom. The van der Waals surface area contributed by atoms with Gasteiger partial charge < -0.3 is 9.84 Å². The van der Waals surface area contributed by atoms with Crippen molar-refractivity contribution in [2.75, 3.05) is 15.8 Å². The van der Waals surface area contributed by atoms with E-state index in [2.05, 4.69) is 25.4 Å². The quantitative estimate of drug-likeness (QED) is 0.513. The number of aryl methyl sites for hydroxylation is 2. The SMILES string of the molecule is Cc1cc(NS(=O)(=O)c2ccc(NC(=O)CCSc3nnc(C)s3)cc2)no1. The number of nitrogens with zero attached hydrogens (tertiary/aromatic N) is 3. The summed E-state index contributed by atoms with van der Waals surface area (Å²) in [6.07, 6.45) is 0.302. The van der Waals surface area contributed by atoms with Gasteiger partial charge in [-0.2, -0.15) is 0 Å². The average Bonchev–Trinajstić information content (AvgIpc) is 3.23. The molecule has 0 atom stereocenters. The standard InChI is InChI=1S/C16H17N5O4S3/c1-10-9-14(20-25-10)21-28(23,24)13-5-3-12(4-6-13)17-15(22)7-8-26-16-19-18-11(2)27-16/h3-6,9H,7-8H2,1-2H3,(H,17,22)(H,20,21). The highest BCUT2D eigenvalue weighted by atomic mass is 32.2. The molecule has 2 heterocycles. The van der Waals surface area contributed by atoms with Crippen molar-refractivity contribution < 1.29 is 17.7 Å². The van der Waals surface area contributed by atoms with Crippen LogP contribution in [0.15, 0.2) is 44.1 Å². The van der Waals surface area contributed by atoms with E-state index in [-0.39, 0.29) is 16.6 Å². The molecule has 2 aromatic heterocycles. The van der Waals surface area contributed by atoms with Gasteiger partial charge in [0.15, 0.2) is 10.2 Å². The summed E-state index contributed by atoms with van der Waals surface area (Å²) in [5, 5.41) is 15.1. The molecule has 0 saturated carbocycles. The molecule has 0 saturated heterocycles. The molecule has 3 rings (SSSR count). The van der Waals surface area contributed by atoms with Gasteiger partial charge in [0.1, 0.15) is 10.8 Å². The van der Waals surface area contributed by atoms with Crippen molar-refractivity contribution in [3.8, 4) is 0 Å². The van der Waals surface area contributed by atoms with Gasteiger partial charge in [-0.3, -0.25) is 9.52 Å². The summed E-state index contributed by atoms with van der Waals surface area (Å²) < 4.78 is 32.7. The average molecular weight is 440 g/mol. The van der Waals surface area contributed by atoms with Gasteiger partial charge in [0.05, 0.1) is 4.90 Å². The highest BCUT2D eigenvalue weighted by Gasteiger charge is 2.16. The molecular formula is C16H17N5O4S3. The fourth-order valence-corrected chi connectivity index (χ4v) is 4.93. The molecule has 0 spiro atoms. The van der Waals surface area contributed by atoms with Crippen molar-refractivity contribution in [2.24, 2.45) is 0 Å². The van der Waals surface area contributed by atoms with E-state index < -0.39 is 10.0 Å². The Morgan fingerprint density at radius 3 is 2.57 bits per heavy atom. The predicted octanol–water partition coefficient (Wildman–Crippen LogP) is 3.06. The van der Waals surface area contributed by atoms with Crippen molar-refractivity contribution in [3.05, 3.63) is 41.1 Å². The molecule has 9 nitrogen and oxygen atoms in total. The number of anilines is 2. The van der Waals surface area contributed by atoms with Crippen LogP contribution in [0, 0.1) is 13.8 Å². The number of aromatic nitrogens is 3. The van der Waals surface area contributed by atoms with Gasteiger partial charge in [-0.05, 0) is 38.1 Å². The van der Waals surface area contributed by atoms with Crippen LogP contribution >= 0.6 is 23.1 Å². The number of carbonyl (C=O) groups is 1. The summed E-state index contributed by atoms with van der Waals surface area (Å²) >= 11 is 2.96. The monoisotopic (exact) mass is 439 g/mol. The second kappa shape index (κ2) is 8.71. The third kappa shape index (κ3) is 5.53. The minimum absolute atomic E-state index is 0.0494. The topological polar surface area (TPSA) is 127 Å². The summed E-state index contributed by atoms with van der Waals surface area (Å²) in [5.74, 6) is 1.02. The highest BCUT2D eigenvalue weighted by Crippen LogP contribution is 2.23. The zero-order valence-electron chi connectivity index (χ0n) is 15.0. The Balaban J connectivity index is 1.52.